The zero-order valence-electron chi connectivity index (χ0n) is 11.8. The number of thioether (sulfide) groups is 1. The smallest absolute Gasteiger partial charge is 0.324 e. The number of amides is 1. The first-order valence-electron chi connectivity index (χ1n) is 6.42. The van der Waals surface area contributed by atoms with Crippen molar-refractivity contribution >= 4 is 46.6 Å². The summed E-state index contributed by atoms with van der Waals surface area (Å²) in [5, 5.41) is 1.84. The highest BCUT2D eigenvalue weighted by Gasteiger charge is 2.34. The van der Waals surface area contributed by atoms with Crippen LogP contribution < -0.4 is 5.32 Å². The van der Waals surface area contributed by atoms with Gasteiger partial charge in [-0.1, -0.05) is 29.3 Å². The van der Waals surface area contributed by atoms with Crippen LogP contribution in [0.4, 0.5) is 23.2 Å². The molecule has 0 atom stereocenters. The summed E-state index contributed by atoms with van der Waals surface area (Å²) in [6.07, 6.45) is -4.65. The van der Waals surface area contributed by atoms with Gasteiger partial charge in [0.25, 0.3) is 0 Å². The number of para-hydroxylation sites is 1. The first-order valence-corrected chi connectivity index (χ1v) is 8.16. The molecule has 0 unspecified atom stereocenters. The van der Waals surface area contributed by atoms with Gasteiger partial charge in [-0.15, -0.1) is 11.8 Å². The number of alkyl halides is 3. The Morgan fingerprint density at radius 2 is 1.83 bits per heavy atom. The average Bonchev–Trinajstić information content (AvgIpc) is 2.49. The Morgan fingerprint density at radius 1 is 1.12 bits per heavy atom. The zero-order valence-corrected chi connectivity index (χ0v) is 14.1. The van der Waals surface area contributed by atoms with E-state index in [1.54, 1.807) is 0 Å². The lowest BCUT2D eigenvalue weighted by atomic mass is 10.1. The third-order valence-corrected chi connectivity index (χ3v) is 4.44. The molecule has 9 heteroatoms. The molecular weight excluding hydrogens is 389 g/mol. The van der Waals surface area contributed by atoms with Crippen LogP contribution in [0.15, 0.2) is 41.3 Å². The second-order valence-electron chi connectivity index (χ2n) is 4.57. The Kier molecular flexibility index (Phi) is 6.01. The third-order valence-electron chi connectivity index (χ3n) is 2.84. The fraction of sp³-hybridized carbons (Fsp3) is 0.133. The molecule has 24 heavy (non-hydrogen) atoms. The minimum absolute atomic E-state index is 0.106. The molecule has 0 spiro atoms. The highest BCUT2D eigenvalue weighted by molar-refractivity contribution is 8.00. The number of benzene rings is 2. The summed E-state index contributed by atoms with van der Waals surface area (Å²) in [6, 6.07) is 7.10. The number of carbonyl (C=O) groups excluding carboxylic acids is 1. The summed E-state index contributed by atoms with van der Waals surface area (Å²) in [4.78, 5) is 12.4. The van der Waals surface area contributed by atoms with Gasteiger partial charge in [-0.2, -0.15) is 13.2 Å². The lowest BCUT2D eigenvalue weighted by Gasteiger charge is -2.15. The van der Waals surface area contributed by atoms with E-state index < -0.39 is 29.2 Å². The van der Waals surface area contributed by atoms with Crippen molar-refractivity contribution in [2.75, 3.05) is 11.1 Å². The lowest BCUT2D eigenvalue weighted by Crippen LogP contribution is -2.18. The molecule has 0 aliphatic heterocycles. The van der Waals surface area contributed by atoms with Crippen LogP contribution in [-0.4, -0.2) is 11.7 Å². The molecule has 2 nitrogen and oxygen atoms in total. The summed E-state index contributed by atoms with van der Waals surface area (Å²) < 4.78 is 51.9. The molecule has 0 bridgehead atoms. The van der Waals surface area contributed by atoms with Crippen molar-refractivity contribution in [3.63, 3.8) is 0 Å². The van der Waals surface area contributed by atoms with Gasteiger partial charge in [0.15, 0.2) is 0 Å². The summed E-state index contributed by atoms with van der Waals surface area (Å²) in [6.45, 7) is 0. The van der Waals surface area contributed by atoms with Crippen LogP contribution in [0.1, 0.15) is 5.56 Å². The quantitative estimate of drug-likeness (QED) is 0.515. The van der Waals surface area contributed by atoms with Gasteiger partial charge >= 0.3 is 6.18 Å². The fourth-order valence-electron chi connectivity index (χ4n) is 1.78. The summed E-state index contributed by atoms with van der Waals surface area (Å²) in [7, 11) is 0. The van der Waals surface area contributed by atoms with Crippen molar-refractivity contribution in [1.82, 2.24) is 0 Å². The number of nitrogens with one attached hydrogen (secondary N) is 1. The second-order valence-corrected chi connectivity index (χ2v) is 6.44. The minimum Gasteiger partial charge on any atom is -0.324 e. The van der Waals surface area contributed by atoms with Crippen LogP contribution in [0.3, 0.4) is 0 Å². The van der Waals surface area contributed by atoms with E-state index in [4.69, 9.17) is 23.2 Å². The minimum atomic E-state index is -4.65. The first kappa shape index (κ1) is 18.9. The maximum atomic E-state index is 13.0. The predicted molar refractivity (Wildman–Crippen MR) is 87.2 cm³/mol. The number of carbonyl (C=O) groups is 1. The van der Waals surface area contributed by atoms with E-state index in [0.29, 0.717) is 4.90 Å². The van der Waals surface area contributed by atoms with Crippen LogP contribution in [-0.2, 0) is 11.0 Å². The highest BCUT2D eigenvalue weighted by atomic mass is 35.5. The summed E-state index contributed by atoms with van der Waals surface area (Å²) in [5.74, 6) is -1.47. The van der Waals surface area contributed by atoms with E-state index in [1.807, 2.05) is 0 Å². The van der Waals surface area contributed by atoms with E-state index in [9.17, 15) is 22.4 Å². The predicted octanol–water partition coefficient (Wildman–Crippen LogP) is 5.88. The molecule has 0 saturated heterocycles. The van der Waals surface area contributed by atoms with Crippen LogP contribution >= 0.6 is 35.0 Å². The second kappa shape index (κ2) is 7.63. The number of rotatable bonds is 4. The van der Waals surface area contributed by atoms with Gasteiger partial charge in [0.1, 0.15) is 5.82 Å². The van der Waals surface area contributed by atoms with Crippen molar-refractivity contribution in [2.45, 2.75) is 11.1 Å². The molecule has 0 heterocycles. The molecule has 2 aromatic rings. The van der Waals surface area contributed by atoms with E-state index in [-0.39, 0.29) is 15.8 Å². The number of anilines is 1. The molecule has 0 aromatic heterocycles. The van der Waals surface area contributed by atoms with Crippen molar-refractivity contribution in [2.24, 2.45) is 0 Å². The Labute approximate surface area is 149 Å². The van der Waals surface area contributed by atoms with Crippen LogP contribution in [0.2, 0.25) is 10.0 Å². The molecule has 0 radical (unpaired) electrons. The van der Waals surface area contributed by atoms with Gasteiger partial charge in [0, 0.05) is 4.90 Å². The normalized spacial score (nSPS) is 11.4. The van der Waals surface area contributed by atoms with Gasteiger partial charge in [-0.05, 0) is 30.3 Å². The van der Waals surface area contributed by atoms with Crippen molar-refractivity contribution < 1.29 is 22.4 Å². The Morgan fingerprint density at radius 3 is 2.46 bits per heavy atom. The standard InChI is InChI=1S/C15H9Cl2F4NOS/c16-10-3-1-2-9(15(19,20)21)14(10)22-13(23)7-24-8-4-5-12(18)11(17)6-8/h1-6H,7H2,(H,22,23). The zero-order chi connectivity index (χ0) is 17.9. The molecule has 0 aliphatic carbocycles. The SMILES string of the molecule is O=C(CSc1ccc(F)c(Cl)c1)Nc1c(Cl)cccc1C(F)(F)F. The Hall–Kier alpha value is -1.44. The van der Waals surface area contributed by atoms with Gasteiger partial charge in [0.05, 0.1) is 27.0 Å². The number of halogens is 6. The molecular formula is C15H9Cl2F4NOS. The molecule has 0 aliphatic rings. The van der Waals surface area contributed by atoms with Crippen molar-refractivity contribution in [3.05, 3.63) is 57.8 Å². The molecule has 2 aromatic carbocycles. The van der Waals surface area contributed by atoms with E-state index in [1.165, 1.54) is 18.2 Å². The number of hydrogen-bond donors (Lipinski definition) is 1. The van der Waals surface area contributed by atoms with Crippen LogP contribution in [0.5, 0.6) is 0 Å². The molecule has 1 amide bonds. The maximum Gasteiger partial charge on any atom is 0.418 e. The van der Waals surface area contributed by atoms with Gasteiger partial charge in [-0.3, -0.25) is 4.79 Å². The largest absolute Gasteiger partial charge is 0.418 e. The topological polar surface area (TPSA) is 29.1 Å². The first-order chi connectivity index (χ1) is 11.2. The van der Waals surface area contributed by atoms with Crippen LogP contribution in [0.25, 0.3) is 0 Å². The third kappa shape index (κ3) is 4.78. The van der Waals surface area contributed by atoms with Crippen molar-refractivity contribution in [1.29, 1.82) is 0 Å². The van der Waals surface area contributed by atoms with Gasteiger partial charge in [-0.25, -0.2) is 4.39 Å². The molecule has 128 valence electrons. The average molecular weight is 398 g/mol. The molecule has 1 N–H and O–H groups in total. The van der Waals surface area contributed by atoms with E-state index in [2.05, 4.69) is 5.32 Å². The Balaban J connectivity index is 2.09. The summed E-state index contributed by atoms with van der Waals surface area (Å²) >= 11 is 12.4. The van der Waals surface area contributed by atoms with Gasteiger partial charge < -0.3 is 5.32 Å². The lowest BCUT2D eigenvalue weighted by molar-refractivity contribution is -0.137. The van der Waals surface area contributed by atoms with E-state index >= 15 is 0 Å². The van der Waals surface area contributed by atoms with Crippen molar-refractivity contribution in [3.8, 4) is 0 Å². The summed E-state index contributed by atoms with van der Waals surface area (Å²) in [5.41, 5.74) is -1.52. The monoisotopic (exact) mass is 397 g/mol. The highest BCUT2D eigenvalue weighted by Crippen LogP contribution is 2.38. The van der Waals surface area contributed by atoms with Gasteiger partial charge in [0.2, 0.25) is 5.91 Å². The maximum absolute atomic E-state index is 13.0. The molecule has 2 rings (SSSR count). The molecule has 0 saturated carbocycles. The van der Waals surface area contributed by atoms with E-state index in [0.717, 1.165) is 30.0 Å². The molecule has 0 fully saturated rings. The number of hydrogen-bond acceptors (Lipinski definition) is 2. The Bertz CT molecular complexity index is 768. The fourth-order valence-corrected chi connectivity index (χ4v) is 2.98. The van der Waals surface area contributed by atoms with Crippen LogP contribution in [0, 0.1) is 5.82 Å².